The van der Waals surface area contributed by atoms with Crippen molar-refractivity contribution in [2.24, 2.45) is 11.8 Å². The van der Waals surface area contributed by atoms with Crippen LogP contribution in [0.25, 0.3) is 0 Å². The van der Waals surface area contributed by atoms with E-state index in [1.54, 1.807) is 6.92 Å². The van der Waals surface area contributed by atoms with Gasteiger partial charge in [0.05, 0.1) is 0 Å². The summed E-state index contributed by atoms with van der Waals surface area (Å²) in [7, 11) is -3.50. The SMILES string of the molecule is Cc1[nH]c(=O)sc1S(=O)(=O)N1CC2CNCC2C1. The summed E-state index contributed by atoms with van der Waals surface area (Å²) < 4.78 is 26.6. The van der Waals surface area contributed by atoms with E-state index in [-0.39, 0.29) is 9.08 Å². The van der Waals surface area contributed by atoms with Crippen LogP contribution < -0.4 is 10.2 Å². The molecule has 2 unspecified atom stereocenters. The summed E-state index contributed by atoms with van der Waals surface area (Å²) in [6.45, 7) is 4.53. The molecule has 8 heteroatoms. The van der Waals surface area contributed by atoms with Crippen molar-refractivity contribution in [3.8, 4) is 0 Å². The molecule has 0 radical (unpaired) electrons. The Hall–Kier alpha value is -0.700. The van der Waals surface area contributed by atoms with Crippen LogP contribution in [0.3, 0.4) is 0 Å². The number of aromatic nitrogens is 1. The summed E-state index contributed by atoms with van der Waals surface area (Å²) in [6.07, 6.45) is 0. The molecule has 3 heterocycles. The van der Waals surface area contributed by atoms with Crippen molar-refractivity contribution in [3.05, 3.63) is 15.4 Å². The second kappa shape index (κ2) is 4.16. The number of nitrogens with one attached hydrogen (secondary N) is 2. The van der Waals surface area contributed by atoms with Crippen molar-refractivity contribution in [3.63, 3.8) is 0 Å². The Bertz CT molecular complexity index is 607. The Labute approximate surface area is 109 Å². The second-order valence-corrected chi connectivity index (χ2v) is 8.04. The molecule has 2 aliphatic rings. The van der Waals surface area contributed by atoms with Gasteiger partial charge in [-0.05, 0) is 31.8 Å². The molecule has 0 aliphatic carbocycles. The number of H-pyrrole nitrogens is 1. The average molecular weight is 289 g/mol. The van der Waals surface area contributed by atoms with Gasteiger partial charge in [0, 0.05) is 18.8 Å². The smallest absolute Gasteiger partial charge is 0.305 e. The Balaban J connectivity index is 1.92. The van der Waals surface area contributed by atoms with E-state index in [4.69, 9.17) is 0 Å². The largest absolute Gasteiger partial charge is 0.316 e. The lowest BCUT2D eigenvalue weighted by molar-refractivity contribution is 0.449. The van der Waals surface area contributed by atoms with E-state index in [1.165, 1.54) is 4.31 Å². The van der Waals surface area contributed by atoms with Crippen molar-refractivity contribution >= 4 is 21.4 Å². The summed E-state index contributed by atoms with van der Waals surface area (Å²) in [6, 6.07) is 0. The van der Waals surface area contributed by atoms with Crippen molar-refractivity contribution in [2.45, 2.75) is 11.1 Å². The highest BCUT2D eigenvalue weighted by atomic mass is 32.2. The fraction of sp³-hybridized carbons (Fsp3) is 0.700. The molecule has 2 N–H and O–H groups in total. The molecule has 3 rings (SSSR count). The average Bonchev–Trinajstić information content (AvgIpc) is 2.90. The predicted octanol–water partition coefficient (Wildman–Crippen LogP) is -0.415. The number of rotatable bonds is 2. The Kier molecular flexibility index (Phi) is 2.85. The third-order valence-corrected chi connectivity index (χ3v) is 7.12. The van der Waals surface area contributed by atoms with Crippen LogP contribution in [0.5, 0.6) is 0 Å². The van der Waals surface area contributed by atoms with Crippen molar-refractivity contribution in [1.82, 2.24) is 14.6 Å². The van der Waals surface area contributed by atoms with Gasteiger partial charge in [0.15, 0.2) is 4.21 Å². The molecule has 2 fully saturated rings. The highest BCUT2D eigenvalue weighted by Gasteiger charge is 2.42. The molecular formula is C10H15N3O3S2. The van der Waals surface area contributed by atoms with Crippen molar-refractivity contribution in [2.75, 3.05) is 26.2 Å². The molecule has 0 amide bonds. The standard InChI is InChI=1S/C10H15N3O3S2/c1-6-9(17-10(14)12-6)18(15,16)13-4-7-2-11-3-8(7)5-13/h7-8,11H,2-5H2,1H3,(H,12,14). The van der Waals surface area contributed by atoms with Crippen LogP contribution >= 0.6 is 11.3 Å². The van der Waals surface area contributed by atoms with E-state index < -0.39 is 10.0 Å². The molecule has 18 heavy (non-hydrogen) atoms. The summed E-state index contributed by atoms with van der Waals surface area (Å²) in [5.41, 5.74) is 0.445. The first-order chi connectivity index (χ1) is 8.48. The molecule has 0 bridgehead atoms. The second-order valence-electron chi connectivity index (χ2n) is 4.93. The van der Waals surface area contributed by atoms with Crippen LogP contribution in [0.1, 0.15) is 5.69 Å². The van der Waals surface area contributed by atoms with E-state index in [2.05, 4.69) is 10.3 Å². The number of hydrogen-bond acceptors (Lipinski definition) is 5. The molecule has 2 atom stereocenters. The van der Waals surface area contributed by atoms with Crippen LogP contribution in [0.2, 0.25) is 0 Å². The van der Waals surface area contributed by atoms with Crippen LogP contribution in [0.4, 0.5) is 0 Å². The topological polar surface area (TPSA) is 82.3 Å². The normalized spacial score (nSPS) is 28.7. The quantitative estimate of drug-likeness (QED) is 0.775. The lowest BCUT2D eigenvalue weighted by Gasteiger charge is -2.16. The first kappa shape index (κ1) is 12.3. The van der Waals surface area contributed by atoms with E-state index in [0.29, 0.717) is 30.6 Å². The zero-order valence-corrected chi connectivity index (χ0v) is 11.6. The van der Waals surface area contributed by atoms with Crippen LogP contribution in [-0.4, -0.2) is 43.9 Å². The highest BCUT2D eigenvalue weighted by Crippen LogP contribution is 2.32. The Morgan fingerprint density at radius 3 is 2.39 bits per heavy atom. The van der Waals surface area contributed by atoms with Crippen LogP contribution in [-0.2, 0) is 10.0 Å². The van der Waals surface area contributed by atoms with Gasteiger partial charge in [0.2, 0.25) is 0 Å². The molecule has 1 aromatic rings. The maximum Gasteiger partial charge on any atom is 0.305 e. The Morgan fingerprint density at radius 1 is 1.28 bits per heavy atom. The molecule has 100 valence electrons. The van der Waals surface area contributed by atoms with Crippen molar-refractivity contribution in [1.29, 1.82) is 0 Å². The summed E-state index contributed by atoms with van der Waals surface area (Å²) in [5.74, 6) is 0.825. The lowest BCUT2D eigenvalue weighted by Crippen LogP contribution is -2.31. The fourth-order valence-corrected chi connectivity index (χ4v) is 5.75. The molecule has 1 aromatic heterocycles. The molecule has 0 aromatic carbocycles. The molecule has 2 aliphatic heterocycles. The first-order valence-electron chi connectivity index (χ1n) is 5.89. The monoisotopic (exact) mass is 289 g/mol. The van der Waals surface area contributed by atoms with E-state index in [9.17, 15) is 13.2 Å². The van der Waals surface area contributed by atoms with Crippen LogP contribution in [0.15, 0.2) is 9.00 Å². The summed E-state index contributed by atoms with van der Waals surface area (Å²) >= 11 is 0.780. The third-order valence-electron chi connectivity index (χ3n) is 3.71. The van der Waals surface area contributed by atoms with Gasteiger partial charge in [-0.15, -0.1) is 0 Å². The summed E-state index contributed by atoms with van der Waals surface area (Å²) in [4.78, 5) is 13.5. The minimum absolute atomic E-state index is 0.167. The molecule has 0 spiro atoms. The first-order valence-corrected chi connectivity index (χ1v) is 8.14. The predicted molar refractivity (Wildman–Crippen MR) is 68.3 cm³/mol. The number of aromatic amines is 1. The van der Waals surface area contributed by atoms with E-state index in [1.807, 2.05) is 0 Å². The number of thiazole rings is 1. The van der Waals surface area contributed by atoms with Crippen LogP contribution in [0, 0.1) is 18.8 Å². The maximum atomic E-state index is 12.5. The zero-order chi connectivity index (χ0) is 12.9. The fourth-order valence-electron chi connectivity index (χ4n) is 2.76. The van der Waals surface area contributed by atoms with Gasteiger partial charge >= 0.3 is 4.87 Å². The molecule has 2 saturated heterocycles. The van der Waals surface area contributed by atoms with E-state index >= 15 is 0 Å². The van der Waals surface area contributed by atoms with Gasteiger partial charge in [-0.2, -0.15) is 4.31 Å². The zero-order valence-electron chi connectivity index (χ0n) is 9.97. The minimum atomic E-state index is -3.50. The number of hydrogen-bond donors (Lipinski definition) is 2. The summed E-state index contributed by atoms with van der Waals surface area (Å²) in [5, 5.41) is 3.28. The third kappa shape index (κ3) is 1.83. The number of nitrogens with zero attached hydrogens (tertiary/aromatic N) is 1. The van der Waals surface area contributed by atoms with Gasteiger partial charge in [0.25, 0.3) is 10.0 Å². The maximum absolute atomic E-state index is 12.5. The molecule has 0 saturated carbocycles. The van der Waals surface area contributed by atoms with Gasteiger partial charge in [-0.25, -0.2) is 8.42 Å². The highest BCUT2D eigenvalue weighted by molar-refractivity contribution is 7.91. The van der Waals surface area contributed by atoms with Gasteiger partial charge in [-0.1, -0.05) is 11.3 Å². The van der Waals surface area contributed by atoms with E-state index in [0.717, 1.165) is 24.4 Å². The minimum Gasteiger partial charge on any atom is -0.316 e. The number of aryl methyl sites for hydroxylation is 1. The molecular weight excluding hydrogens is 274 g/mol. The Morgan fingerprint density at radius 2 is 1.89 bits per heavy atom. The number of fused-ring (bicyclic) bond motifs is 1. The van der Waals surface area contributed by atoms with Gasteiger partial charge in [0.1, 0.15) is 0 Å². The number of sulfonamides is 1. The van der Waals surface area contributed by atoms with Crippen molar-refractivity contribution < 1.29 is 8.42 Å². The molecule has 6 nitrogen and oxygen atoms in total. The van der Waals surface area contributed by atoms with Gasteiger partial charge in [-0.3, -0.25) is 4.79 Å². The lowest BCUT2D eigenvalue weighted by atomic mass is 10.0. The van der Waals surface area contributed by atoms with Gasteiger partial charge < -0.3 is 10.3 Å².